The van der Waals surface area contributed by atoms with Crippen molar-refractivity contribution in [2.24, 2.45) is 0 Å². The highest BCUT2D eigenvalue weighted by molar-refractivity contribution is 9.10. The highest BCUT2D eigenvalue weighted by Crippen LogP contribution is 2.24. The zero-order valence-electron chi connectivity index (χ0n) is 11.5. The van der Waals surface area contributed by atoms with Crippen LogP contribution in [-0.2, 0) is 9.53 Å². The summed E-state index contributed by atoms with van der Waals surface area (Å²) in [6, 6.07) is 5.70. The number of halogens is 1. The predicted molar refractivity (Wildman–Crippen MR) is 80.2 cm³/mol. The van der Waals surface area contributed by atoms with Crippen molar-refractivity contribution in [3.63, 3.8) is 0 Å². The standard InChI is InChI=1S/C15H19BrO3/c1-4-9-18-14-7-6-13(16)10-12(14)5-8-15(17)19-11(2)3/h5-8,10-11H,4,9H2,1-3H3/b8-5+. The van der Waals surface area contributed by atoms with Crippen LogP contribution in [0.5, 0.6) is 5.75 Å². The summed E-state index contributed by atoms with van der Waals surface area (Å²) in [6.45, 7) is 6.34. The average Bonchev–Trinajstić information content (AvgIpc) is 2.34. The van der Waals surface area contributed by atoms with Gasteiger partial charge in [-0.05, 0) is 44.5 Å². The number of hydrogen-bond acceptors (Lipinski definition) is 3. The second kappa shape index (κ2) is 8.00. The molecular weight excluding hydrogens is 308 g/mol. The van der Waals surface area contributed by atoms with Crippen LogP contribution in [0.4, 0.5) is 0 Å². The van der Waals surface area contributed by atoms with Gasteiger partial charge in [0.1, 0.15) is 5.75 Å². The van der Waals surface area contributed by atoms with Crippen molar-refractivity contribution < 1.29 is 14.3 Å². The smallest absolute Gasteiger partial charge is 0.331 e. The Bertz CT molecular complexity index is 453. The molecule has 1 aromatic carbocycles. The van der Waals surface area contributed by atoms with Crippen molar-refractivity contribution in [1.29, 1.82) is 0 Å². The molecule has 4 heteroatoms. The van der Waals surface area contributed by atoms with Gasteiger partial charge in [-0.15, -0.1) is 0 Å². The molecule has 0 unspecified atom stereocenters. The molecule has 0 fully saturated rings. The van der Waals surface area contributed by atoms with Gasteiger partial charge in [-0.2, -0.15) is 0 Å². The van der Waals surface area contributed by atoms with Crippen molar-refractivity contribution in [3.05, 3.63) is 34.3 Å². The van der Waals surface area contributed by atoms with E-state index < -0.39 is 0 Å². The molecule has 19 heavy (non-hydrogen) atoms. The van der Waals surface area contributed by atoms with Crippen molar-refractivity contribution in [2.75, 3.05) is 6.61 Å². The van der Waals surface area contributed by atoms with E-state index in [2.05, 4.69) is 15.9 Å². The first-order valence-electron chi connectivity index (χ1n) is 6.34. The zero-order valence-corrected chi connectivity index (χ0v) is 13.1. The summed E-state index contributed by atoms with van der Waals surface area (Å²) in [4.78, 5) is 11.5. The number of hydrogen-bond donors (Lipinski definition) is 0. The van der Waals surface area contributed by atoms with E-state index in [0.717, 1.165) is 22.2 Å². The van der Waals surface area contributed by atoms with Gasteiger partial charge in [0, 0.05) is 16.1 Å². The summed E-state index contributed by atoms with van der Waals surface area (Å²) < 4.78 is 11.6. The lowest BCUT2D eigenvalue weighted by Gasteiger charge is -2.09. The van der Waals surface area contributed by atoms with Gasteiger partial charge in [-0.1, -0.05) is 22.9 Å². The summed E-state index contributed by atoms with van der Waals surface area (Å²) in [7, 11) is 0. The Labute approximate surface area is 122 Å². The second-order valence-corrected chi connectivity index (χ2v) is 5.27. The van der Waals surface area contributed by atoms with Crippen LogP contribution in [0.25, 0.3) is 6.08 Å². The van der Waals surface area contributed by atoms with E-state index in [1.165, 1.54) is 6.08 Å². The number of carbonyl (C=O) groups is 1. The fraction of sp³-hybridized carbons (Fsp3) is 0.400. The van der Waals surface area contributed by atoms with Gasteiger partial charge in [0.05, 0.1) is 12.7 Å². The number of rotatable bonds is 6. The largest absolute Gasteiger partial charge is 0.493 e. The average molecular weight is 327 g/mol. The fourth-order valence-corrected chi connectivity index (χ4v) is 1.80. The van der Waals surface area contributed by atoms with Gasteiger partial charge in [0.2, 0.25) is 0 Å². The monoisotopic (exact) mass is 326 g/mol. The van der Waals surface area contributed by atoms with Crippen LogP contribution in [0, 0.1) is 0 Å². The molecule has 0 aliphatic carbocycles. The van der Waals surface area contributed by atoms with Crippen LogP contribution in [-0.4, -0.2) is 18.7 Å². The molecule has 0 aromatic heterocycles. The highest BCUT2D eigenvalue weighted by atomic mass is 79.9. The van der Waals surface area contributed by atoms with Crippen LogP contribution in [0.1, 0.15) is 32.8 Å². The van der Waals surface area contributed by atoms with Gasteiger partial charge in [0.25, 0.3) is 0 Å². The molecule has 0 amide bonds. The highest BCUT2D eigenvalue weighted by Gasteiger charge is 2.04. The molecule has 104 valence electrons. The maximum absolute atomic E-state index is 11.5. The molecule has 0 heterocycles. The van der Waals surface area contributed by atoms with Crippen LogP contribution >= 0.6 is 15.9 Å². The fourth-order valence-electron chi connectivity index (χ4n) is 1.42. The summed E-state index contributed by atoms with van der Waals surface area (Å²) >= 11 is 3.41. The molecule has 0 bridgehead atoms. The lowest BCUT2D eigenvalue weighted by Crippen LogP contribution is -2.08. The van der Waals surface area contributed by atoms with E-state index in [1.54, 1.807) is 6.08 Å². The van der Waals surface area contributed by atoms with Crippen molar-refractivity contribution in [1.82, 2.24) is 0 Å². The number of carbonyl (C=O) groups excluding carboxylic acids is 1. The van der Waals surface area contributed by atoms with Gasteiger partial charge >= 0.3 is 5.97 Å². The Morgan fingerprint density at radius 3 is 2.79 bits per heavy atom. The van der Waals surface area contributed by atoms with Crippen LogP contribution in [0.15, 0.2) is 28.7 Å². The first-order chi connectivity index (χ1) is 9.02. The molecule has 1 rings (SSSR count). The Morgan fingerprint density at radius 1 is 1.42 bits per heavy atom. The molecule has 0 saturated carbocycles. The minimum atomic E-state index is -0.351. The molecule has 0 spiro atoms. The third kappa shape index (κ3) is 5.92. The van der Waals surface area contributed by atoms with Gasteiger partial charge < -0.3 is 9.47 Å². The van der Waals surface area contributed by atoms with E-state index in [0.29, 0.717) is 6.61 Å². The Balaban J connectivity index is 2.82. The Morgan fingerprint density at radius 2 is 2.16 bits per heavy atom. The number of benzene rings is 1. The van der Waals surface area contributed by atoms with Crippen LogP contribution < -0.4 is 4.74 Å². The molecule has 1 aromatic rings. The lowest BCUT2D eigenvalue weighted by molar-refractivity contribution is -0.141. The van der Waals surface area contributed by atoms with Gasteiger partial charge in [-0.25, -0.2) is 4.79 Å². The van der Waals surface area contributed by atoms with Gasteiger partial charge in [-0.3, -0.25) is 0 Å². The van der Waals surface area contributed by atoms with Crippen LogP contribution in [0.3, 0.4) is 0 Å². The molecule has 0 N–H and O–H groups in total. The summed E-state index contributed by atoms with van der Waals surface area (Å²) in [5.74, 6) is 0.412. The first kappa shape index (κ1) is 15.8. The summed E-state index contributed by atoms with van der Waals surface area (Å²) in [6.07, 6.45) is 3.95. The SMILES string of the molecule is CCCOc1ccc(Br)cc1/C=C/C(=O)OC(C)C. The topological polar surface area (TPSA) is 35.5 Å². The van der Waals surface area contributed by atoms with E-state index in [9.17, 15) is 4.79 Å². The summed E-state index contributed by atoms with van der Waals surface area (Å²) in [5.41, 5.74) is 0.850. The van der Waals surface area contributed by atoms with Gasteiger partial charge in [0.15, 0.2) is 0 Å². The third-order valence-electron chi connectivity index (χ3n) is 2.18. The molecule has 0 aliphatic rings. The minimum absolute atomic E-state index is 0.115. The minimum Gasteiger partial charge on any atom is -0.493 e. The molecule has 3 nitrogen and oxygen atoms in total. The molecule has 0 aliphatic heterocycles. The number of ether oxygens (including phenoxy) is 2. The molecular formula is C15H19BrO3. The first-order valence-corrected chi connectivity index (χ1v) is 7.13. The zero-order chi connectivity index (χ0) is 14.3. The van der Waals surface area contributed by atoms with Crippen molar-refractivity contribution in [3.8, 4) is 5.75 Å². The molecule has 0 atom stereocenters. The van der Waals surface area contributed by atoms with Crippen molar-refractivity contribution in [2.45, 2.75) is 33.3 Å². The maximum Gasteiger partial charge on any atom is 0.331 e. The maximum atomic E-state index is 11.5. The molecule has 0 radical (unpaired) electrons. The predicted octanol–water partition coefficient (Wildman–Crippen LogP) is 4.20. The quantitative estimate of drug-likeness (QED) is 0.580. The van der Waals surface area contributed by atoms with E-state index in [1.807, 2.05) is 39.0 Å². The summed E-state index contributed by atoms with van der Waals surface area (Å²) in [5, 5.41) is 0. The second-order valence-electron chi connectivity index (χ2n) is 4.35. The number of esters is 1. The third-order valence-corrected chi connectivity index (χ3v) is 2.68. The van der Waals surface area contributed by atoms with Crippen LogP contribution in [0.2, 0.25) is 0 Å². The normalized spacial score (nSPS) is 11.0. The van der Waals surface area contributed by atoms with Crippen molar-refractivity contribution >= 4 is 28.0 Å². The van der Waals surface area contributed by atoms with E-state index >= 15 is 0 Å². The Hall–Kier alpha value is -1.29. The Kier molecular flexibility index (Phi) is 6.64. The lowest BCUT2D eigenvalue weighted by atomic mass is 10.2. The van der Waals surface area contributed by atoms with E-state index in [-0.39, 0.29) is 12.1 Å². The molecule has 0 saturated heterocycles. The van der Waals surface area contributed by atoms with E-state index in [4.69, 9.17) is 9.47 Å².